The number of esters is 1. The molecular formula is C9H16O3. The summed E-state index contributed by atoms with van der Waals surface area (Å²) in [4.78, 5) is 11.3. The summed E-state index contributed by atoms with van der Waals surface area (Å²) in [6.45, 7) is 7.12. The SMILES string of the molecule is CC(C)(C)OC(=O)C1CC1(C)O. The van der Waals surface area contributed by atoms with Crippen molar-refractivity contribution in [2.75, 3.05) is 0 Å². The van der Waals surface area contributed by atoms with Crippen LogP contribution in [0.2, 0.25) is 0 Å². The highest BCUT2D eigenvalue weighted by Crippen LogP contribution is 2.44. The first kappa shape index (κ1) is 9.52. The lowest BCUT2D eigenvalue weighted by molar-refractivity contribution is -0.158. The Kier molecular flexibility index (Phi) is 1.95. The Bertz CT molecular complexity index is 200. The summed E-state index contributed by atoms with van der Waals surface area (Å²) in [5, 5.41) is 9.36. The van der Waals surface area contributed by atoms with E-state index in [4.69, 9.17) is 4.74 Å². The van der Waals surface area contributed by atoms with Gasteiger partial charge in [-0.05, 0) is 34.1 Å². The maximum atomic E-state index is 11.3. The van der Waals surface area contributed by atoms with Crippen LogP contribution in [0, 0.1) is 5.92 Å². The maximum absolute atomic E-state index is 11.3. The molecule has 0 aliphatic heterocycles. The molecule has 2 atom stereocenters. The van der Waals surface area contributed by atoms with E-state index < -0.39 is 11.2 Å². The Morgan fingerprint density at radius 3 is 2.25 bits per heavy atom. The Morgan fingerprint density at radius 1 is 1.58 bits per heavy atom. The zero-order valence-corrected chi connectivity index (χ0v) is 8.05. The van der Waals surface area contributed by atoms with Crippen LogP contribution in [-0.4, -0.2) is 22.3 Å². The lowest BCUT2D eigenvalue weighted by atomic mass is 10.2. The van der Waals surface area contributed by atoms with Gasteiger partial charge in [-0.25, -0.2) is 0 Å². The number of carbonyl (C=O) groups is 1. The highest BCUT2D eigenvalue weighted by atomic mass is 16.6. The number of ether oxygens (including phenoxy) is 1. The average molecular weight is 172 g/mol. The molecule has 0 amide bonds. The first-order chi connectivity index (χ1) is 5.22. The van der Waals surface area contributed by atoms with Crippen LogP contribution in [0.4, 0.5) is 0 Å². The smallest absolute Gasteiger partial charge is 0.312 e. The molecule has 3 heteroatoms. The van der Waals surface area contributed by atoms with Gasteiger partial charge in [-0.3, -0.25) is 4.79 Å². The van der Waals surface area contributed by atoms with Gasteiger partial charge < -0.3 is 9.84 Å². The first-order valence-electron chi connectivity index (χ1n) is 4.18. The van der Waals surface area contributed by atoms with Crippen molar-refractivity contribution >= 4 is 5.97 Å². The zero-order valence-electron chi connectivity index (χ0n) is 8.05. The van der Waals surface area contributed by atoms with Crippen molar-refractivity contribution in [1.82, 2.24) is 0 Å². The quantitative estimate of drug-likeness (QED) is 0.602. The predicted octanol–water partition coefficient (Wildman–Crippen LogP) is 1.10. The maximum Gasteiger partial charge on any atom is 0.312 e. The fourth-order valence-corrected chi connectivity index (χ4v) is 1.06. The van der Waals surface area contributed by atoms with Gasteiger partial charge in [0.05, 0.1) is 11.5 Å². The summed E-state index contributed by atoms with van der Waals surface area (Å²) in [7, 11) is 0. The lowest BCUT2D eigenvalue weighted by Crippen LogP contribution is -2.26. The van der Waals surface area contributed by atoms with E-state index in [2.05, 4.69) is 0 Å². The van der Waals surface area contributed by atoms with Crippen molar-refractivity contribution in [2.24, 2.45) is 5.92 Å². The number of aliphatic hydroxyl groups is 1. The van der Waals surface area contributed by atoms with Crippen LogP contribution < -0.4 is 0 Å². The Hall–Kier alpha value is -0.570. The van der Waals surface area contributed by atoms with Crippen LogP contribution in [-0.2, 0) is 9.53 Å². The van der Waals surface area contributed by atoms with Crippen molar-refractivity contribution in [2.45, 2.75) is 45.3 Å². The summed E-state index contributed by atoms with van der Waals surface area (Å²) < 4.78 is 5.10. The molecule has 1 aliphatic rings. The first-order valence-corrected chi connectivity index (χ1v) is 4.18. The molecule has 1 N–H and O–H groups in total. The van der Waals surface area contributed by atoms with E-state index in [1.165, 1.54) is 0 Å². The van der Waals surface area contributed by atoms with Crippen LogP contribution in [0.5, 0.6) is 0 Å². The molecule has 0 aromatic carbocycles. The van der Waals surface area contributed by atoms with Crippen molar-refractivity contribution in [3.8, 4) is 0 Å². The molecule has 1 saturated carbocycles. The van der Waals surface area contributed by atoms with E-state index in [-0.39, 0.29) is 11.9 Å². The zero-order chi connectivity index (χ0) is 9.57. The molecule has 0 radical (unpaired) electrons. The Balaban J connectivity index is 2.42. The van der Waals surface area contributed by atoms with Crippen LogP contribution in [0.1, 0.15) is 34.1 Å². The second-order valence-electron chi connectivity index (χ2n) is 4.65. The standard InChI is InChI=1S/C9H16O3/c1-8(2,3)12-7(10)6-5-9(6,4)11/h6,11H,5H2,1-4H3. The van der Waals surface area contributed by atoms with Crippen LogP contribution in [0.3, 0.4) is 0 Å². The summed E-state index contributed by atoms with van der Waals surface area (Å²) in [6, 6.07) is 0. The molecule has 0 saturated heterocycles. The number of rotatable bonds is 1. The van der Waals surface area contributed by atoms with Gasteiger partial charge in [-0.2, -0.15) is 0 Å². The third-order valence-corrected chi connectivity index (χ3v) is 1.90. The highest BCUT2D eigenvalue weighted by Gasteiger charge is 2.55. The van der Waals surface area contributed by atoms with Gasteiger partial charge >= 0.3 is 5.97 Å². The summed E-state index contributed by atoms with van der Waals surface area (Å²) in [5.74, 6) is -0.593. The van der Waals surface area contributed by atoms with Gasteiger partial charge in [0.2, 0.25) is 0 Å². The van der Waals surface area contributed by atoms with Crippen LogP contribution in [0.15, 0.2) is 0 Å². The topological polar surface area (TPSA) is 46.5 Å². The molecular weight excluding hydrogens is 156 g/mol. The van der Waals surface area contributed by atoms with E-state index >= 15 is 0 Å². The van der Waals surface area contributed by atoms with E-state index in [0.717, 1.165) is 0 Å². The van der Waals surface area contributed by atoms with Gasteiger partial charge in [0.25, 0.3) is 0 Å². The molecule has 1 aliphatic carbocycles. The fraction of sp³-hybridized carbons (Fsp3) is 0.889. The molecule has 70 valence electrons. The number of carbonyl (C=O) groups excluding carboxylic acids is 1. The van der Waals surface area contributed by atoms with E-state index in [9.17, 15) is 9.90 Å². The second-order valence-corrected chi connectivity index (χ2v) is 4.65. The monoisotopic (exact) mass is 172 g/mol. The summed E-state index contributed by atoms with van der Waals surface area (Å²) >= 11 is 0. The van der Waals surface area contributed by atoms with Gasteiger partial charge in [0.1, 0.15) is 5.60 Å². The van der Waals surface area contributed by atoms with E-state index in [1.54, 1.807) is 6.92 Å². The molecule has 1 fully saturated rings. The molecule has 0 aromatic rings. The van der Waals surface area contributed by atoms with Gasteiger partial charge in [0, 0.05) is 0 Å². The normalized spacial score (nSPS) is 34.6. The van der Waals surface area contributed by atoms with E-state index in [0.29, 0.717) is 6.42 Å². The molecule has 0 heterocycles. The van der Waals surface area contributed by atoms with Crippen LogP contribution in [0.25, 0.3) is 0 Å². The minimum atomic E-state index is -0.817. The molecule has 0 aromatic heterocycles. The van der Waals surface area contributed by atoms with Crippen LogP contribution >= 0.6 is 0 Å². The molecule has 2 unspecified atom stereocenters. The van der Waals surface area contributed by atoms with Gasteiger partial charge in [-0.1, -0.05) is 0 Å². The molecule has 3 nitrogen and oxygen atoms in total. The highest BCUT2D eigenvalue weighted by molar-refractivity contribution is 5.77. The largest absolute Gasteiger partial charge is 0.460 e. The number of hydrogen-bond donors (Lipinski definition) is 1. The fourth-order valence-electron chi connectivity index (χ4n) is 1.06. The summed E-state index contributed by atoms with van der Waals surface area (Å²) in [6.07, 6.45) is 0.530. The average Bonchev–Trinajstić information content (AvgIpc) is 2.35. The van der Waals surface area contributed by atoms with Gasteiger partial charge in [-0.15, -0.1) is 0 Å². The predicted molar refractivity (Wildman–Crippen MR) is 44.6 cm³/mol. The van der Waals surface area contributed by atoms with Crippen molar-refractivity contribution in [1.29, 1.82) is 0 Å². The number of hydrogen-bond acceptors (Lipinski definition) is 3. The lowest BCUT2D eigenvalue weighted by Gasteiger charge is -2.19. The van der Waals surface area contributed by atoms with Crippen molar-refractivity contribution < 1.29 is 14.6 Å². The molecule has 12 heavy (non-hydrogen) atoms. The third-order valence-electron chi connectivity index (χ3n) is 1.90. The molecule has 0 bridgehead atoms. The minimum Gasteiger partial charge on any atom is -0.460 e. The third kappa shape index (κ3) is 2.21. The molecule has 0 spiro atoms. The minimum absolute atomic E-state index is 0.285. The Morgan fingerprint density at radius 2 is 2.00 bits per heavy atom. The summed E-state index contributed by atoms with van der Waals surface area (Å²) in [5.41, 5.74) is -1.27. The molecule has 1 rings (SSSR count). The van der Waals surface area contributed by atoms with E-state index in [1.807, 2.05) is 20.8 Å². The Labute approximate surface area is 72.7 Å². The van der Waals surface area contributed by atoms with Crippen molar-refractivity contribution in [3.63, 3.8) is 0 Å². The van der Waals surface area contributed by atoms with Gasteiger partial charge in [0.15, 0.2) is 0 Å². The van der Waals surface area contributed by atoms with Crippen molar-refractivity contribution in [3.05, 3.63) is 0 Å². The second kappa shape index (κ2) is 2.46.